The van der Waals surface area contributed by atoms with Gasteiger partial charge in [0.2, 0.25) is 0 Å². The molecule has 0 spiro atoms. The number of hydrogen-bond acceptors (Lipinski definition) is 5. The number of ether oxygens (including phenoxy) is 1. The normalized spacial score (nSPS) is 10.9. The second-order valence-electron chi connectivity index (χ2n) is 4.48. The molecule has 0 fully saturated rings. The lowest BCUT2D eigenvalue weighted by molar-refractivity contribution is 0.0594. The van der Waals surface area contributed by atoms with Gasteiger partial charge in [-0.2, -0.15) is 0 Å². The Labute approximate surface area is 129 Å². The highest BCUT2D eigenvalue weighted by Gasteiger charge is 2.22. The molecule has 0 radical (unpaired) electrons. The van der Waals surface area contributed by atoms with Crippen LogP contribution in [-0.2, 0) is 4.74 Å². The van der Waals surface area contributed by atoms with Crippen molar-refractivity contribution >= 4 is 34.3 Å². The lowest BCUT2D eigenvalue weighted by Crippen LogP contribution is -2.10. The maximum atomic E-state index is 14.4. The van der Waals surface area contributed by atoms with Gasteiger partial charge in [0, 0.05) is 5.56 Å². The van der Waals surface area contributed by atoms with Crippen molar-refractivity contribution in [3.63, 3.8) is 0 Å². The molecule has 0 atom stereocenters. The Morgan fingerprint density at radius 3 is 2.95 bits per heavy atom. The number of esters is 1. The van der Waals surface area contributed by atoms with E-state index in [1.54, 1.807) is 18.2 Å². The number of nitrogens with two attached hydrogens (primary N) is 1. The molecule has 6 nitrogen and oxygen atoms in total. The summed E-state index contributed by atoms with van der Waals surface area (Å²) in [5.41, 5.74) is 6.82. The SMILES string of the molecule is COC(=O)c1nc(-c2ccc3nc[nH]c3c2)c(F)c(N)c1Cl. The maximum absolute atomic E-state index is 14.4. The lowest BCUT2D eigenvalue weighted by atomic mass is 10.1. The van der Waals surface area contributed by atoms with Gasteiger partial charge in [0.1, 0.15) is 5.69 Å². The third kappa shape index (κ3) is 2.15. The molecule has 3 N–H and O–H groups in total. The zero-order valence-electron chi connectivity index (χ0n) is 11.4. The van der Waals surface area contributed by atoms with Gasteiger partial charge in [0.15, 0.2) is 11.5 Å². The monoisotopic (exact) mass is 320 g/mol. The fourth-order valence-electron chi connectivity index (χ4n) is 2.07. The molecule has 0 aliphatic heterocycles. The van der Waals surface area contributed by atoms with Crippen molar-refractivity contribution in [3.8, 4) is 11.3 Å². The van der Waals surface area contributed by atoms with Crippen LogP contribution in [0.1, 0.15) is 10.5 Å². The number of imidazole rings is 1. The number of nitrogens with one attached hydrogen (secondary N) is 1. The van der Waals surface area contributed by atoms with E-state index < -0.39 is 11.8 Å². The average molecular weight is 321 g/mol. The fraction of sp³-hybridized carbons (Fsp3) is 0.0714. The summed E-state index contributed by atoms with van der Waals surface area (Å²) in [5.74, 6) is -1.59. The largest absolute Gasteiger partial charge is 0.464 e. The Balaban J connectivity index is 2.25. The Bertz CT molecular complexity index is 894. The van der Waals surface area contributed by atoms with Crippen LogP contribution in [0.5, 0.6) is 0 Å². The summed E-state index contributed by atoms with van der Waals surface area (Å²) in [4.78, 5) is 22.6. The molecule has 0 unspecified atom stereocenters. The highest BCUT2D eigenvalue weighted by Crippen LogP contribution is 2.33. The van der Waals surface area contributed by atoms with Crippen LogP contribution in [0, 0.1) is 5.82 Å². The average Bonchev–Trinajstić information content (AvgIpc) is 2.99. The van der Waals surface area contributed by atoms with Gasteiger partial charge in [-0.05, 0) is 12.1 Å². The number of nitrogens with zero attached hydrogens (tertiary/aromatic N) is 2. The van der Waals surface area contributed by atoms with Gasteiger partial charge in [-0.25, -0.2) is 19.2 Å². The first-order valence-electron chi connectivity index (χ1n) is 6.19. The van der Waals surface area contributed by atoms with Gasteiger partial charge < -0.3 is 15.5 Å². The predicted octanol–water partition coefficient (Wildman–Crippen LogP) is 2.79. The number of benzene rings is 1. The van der Waals surface area contributed by atoms with Crippen LogP contribution in [-0.4, -0.2) is 28.0 Å². The molecule has 0 amide bonds. The Morgan fingerprint density at radius 2 is 2.23 bits per heavy atom. The van der Waals surface area contributed by atoms with E-state index in [1.165, 1.54) is 13.4 Å². The maximum Gasteiger partial charge on any atom is 0.358 e. The molecule has 0 aliphatic carbocycles. The minimum atomic E-state index is -0.795. The van der Waals surface area contributed by atoms with Crippen LogP contribution in [0.3, 0.4) is 0 Å². The van der Waals surface area contributed by atoms with Crippen LogP contribution >= 0.6 is 11.6 Å². The summed E-state index contributed by atoms with van der Waals surface area (Å²) in [5, 5.41) is -0.268. The van der Waals surface area contributed by atoms with Crippen molar-refractivity contribution in [2.24, 2.45) is 0 Å². The molecule has 0 saturated carbocycles. The number of aromatic nitrogens is 3. The number of anilines is 1. The van der Waals surface area contributed by atoms with E-state index in [0.29, 0.717) is 11.1 Å². The summed E-state index contributed by atoms with van der Waals surface area (Å²) in [6, 6.07) is 4.98. The molecule has 8 heteroatoms. The van der Waals surface area contributed by atoms with E-state index in [1.807, 2.05) is 0 Å². The number of methoxy groups -OCH3 is 1. The molecule has 0 bridgehead atoms. The summed E-state index contributed by atoms with van der Waals surface area (Å²) in [6.45, 7) is 0. The van der Waals surface area contributed by atoms with E-state index in [4.69, 9.17) is 17.3 Å². The molecule has 1 aromatic carbocycles. The van der Waals surface area contributed by atoms with Gasteiger partial charge >= 0.3 is 5.97 Å². The first-order chi connectivity index (χ1) is 10.5. The molecule has 0 saturated heterocycles. The molecule has 112 valence electrons. The molecule has 0 aliphatic rings. The molecule has 3 rings (SSSR count). The minimum absolute atomic E-state index is 0.0844. The molecular weight excluding hydrogens is 311 g/mol. The van der Waals surface area contributed by atoms with Crippen LogP contribution < -0.4 is 5.73 Å². The van der Waals surface area contributed by atoms with E-state index in [9.17, 15) is 9.18 Å². The highest BCUT2D eigenvalue weighted by atomic mass is 35.5. The third-order valence-electron chi connectivity index (χ3n) is 3.18. The van der Waals surface area contributed by atoms with Gasteiger partial charge in [-0.1, -0.05) is 17.7 Å². The van der Waals surface area contributed by atoms with E-state index in [2.05, 4.69) is 19.7 Å². The third-order valence-corrected chi connectivity index (χ3v) is 3.57. The summed E-state index contributed by atoms with van der Waals surface area (Å²) >= 11 is 5.86. The fourth-order valence-corrected chi connectivity index (χ4v) is 2.27. The topological polar surface area (TPSA) is 93.9 Å². The molecule has 3 aromatic rings. The Morgan fingerprint density at radius 1 is 1.45 bits per heavy atom. The number of aromatic amines is 1. The molecule has 22 heavy (non-hydrogen) atoms. The van der Waals surface area contributed by atoms with Gasteiger partial charge in [-0.15, -0.1) is 0 Å². The zero-order valence-corrected chi connectivity index (χ0v) is 12.1. The first-order valence-corrected chi connectivity index (χ1v) is 6.57. The predicted molar refractivity (Wildman–Crippen MR) is 80.0 cm³/mol. The Kier molecular flexibility index (Phi) is 3.42. The summed E-state index contributed by atoms with van der Waals surface area (Å²) < 4.78 is 19.0. The number of hydrogen-bond donors (Lipinski definition) is 2. The summed E-state index contributed by atoms with van der Waals surface area (Å²) in [6.07, 6.45) is 1.52. The van der Waals surface area contributed by atoms with Gasteiger partial charge in [0.05, 0.1) is 35.2 Å². The quantitative estimate of drug-likeness (QED) is 0.708. The second kappa shape index (κ2) is 5.27. The molecular formula is C14H10ClFN4O2. The van der Waals surface area contributed by atoms with Crippen molar-refractivity contribution in [3.05, 3.63) is 41.1 Å². The Hall–Kier alpha value is -2.67. The standard InChI is InChI=1S/C14H10ClFN4O2/c1-22-14(21)13-9(15)11(17)10(16)12(20-13)6-2-3-7-8(4-6)19-5-18-7/h2-5H,1H3,(H2,17,20)(H,18,19). The number of rotatable bonds is 2. The number of pyridine rings is 1. The minimum Gasteiger partial charge on any atom is -0.464 e. The van der Waals surface area contributed by atoms with Crippen molar-refractivity contribution in [2.75, 3.05) is 12.8 Å². The van der Waals surface area contributed by atoms with Crippen LogP contribution in [0.25, 0.3) is 22.3 Å². The van der Waals surface area contributed by atoms with Crippen molar-refractivity contribution in [2.45, 2.75) is 0 Å². The molecule has 2 aromatic heterocycles. The summed E-state index contributed by atoms with van der Waals surface area (Å²) in [7, 11) is 1.18. The first kappa shape index (κ1) is 14.3. The number of fused-ring (bicyclic) bond motifs is 1. The highest BCUT2D eigenvalue weighted by molar-refractivity contribution is 6.35. The number of nitrogen functional groups attached to an aromatic ring is 1. The van der Waals surface area contributed by atoms with Gasteiger partial charge in [-0.3, -0.25) is 0 Å². The number of carbonyl (C=O) groups excluding carboxylic acids is 1. The number of H-pyrrole nitrogens is 1. The van der Waals surface area contributed by atoms with E-state index >= 15 is 0 Å². The lowest BCUT2D eigenvalue weighted by Gasteiger charge is -2.10. The van der Waals surface area contributed by atoms with Crippen molar-refractivity contribution in [1.82, 2.24) is 15.0 Å². The van der Waals surface area contributed by atoms with Crippen LogP contribution in [0.2, 0.25) is 5.02 Å². The van der Waals surface area contributed by atoms with Gasteiger partial charge in [0.25, 0.3) is 0 Å². The van der Waals surface area contributed by atoms with Crippen molar-refractivity contribution in [1.29, 1.82) is 0 Å². The number of halogens is 2. The molecule has 2 heterocycles. The van der Waals surface area contributed by atoms with E-state index in [-0.39, 0.29) is 22.1 Å². The smallest absolute Gasteiger partial charge is 0.358 e. The van der Waals surface area contributed by atoms with E-state index in [0.717, 1.165) is 5.52 Å². The van der Waals surface area contributed by atoms with Crippen LogP contribution in [0.4, 0.5) is 10.1 Å². The second-order valence-corrected chi connectivity index (χ2v) is 4.85. The number of carbonyl (C=O) groups is 1. The zero-order chi connectivity index (χ0) is 15.9. The van der Waals surface area contributed by atoms with Crippen LogP contribution in [0.15, 0.2) is 24.5 Å². The van der Waals surface area contributed by atoms with Crippen molar-refractivity contribution < 1.29 is 13.9 Å².